The number of unbranched alkanes of at least 4 members (excludes halogenated alkanes) is 1. The van der Waals surface area contributed by atoms with E-state index in [1.54, 1.807) is 7.11 Å². The lowest BCUT2D eigenvalue weighted by atomic mass is 9.89. The largest absolute Gasteiger partial charge is 0.497 e. The van der Waals surface area contributed by atoms with Gasteiger partial charge in [0.2, 0.25) is 0 Å². The van der Waals surface area contributed by atoms with Gasteiger partial charge in [-0.1, -0.05) is 54.6 Å². The molecule has 48 heavy (non-hydrogen) atoms. The predicted molar refractivity (Wildman–Crippen MR) is 188 cm³/mol. The number of aryl methyl sites for hydroxylation is 2. The van der Waals surface area contributed by atoms with Crippen molar-refractivity contribution in [3.8, 4) is 22.6 Å². The zero-order valence-electron chi connectivity index (χ0n) is 28.5. The van der Waals surface area contributed by atoms with Crippen molar-refractivity contribution in [2.75, 3.05) is 34.4 Å². The predicted octanol–water partition coefficient (Wildman–Crippen LogP) is 7.99. The Morgan fingerprint density at radius 1 is 0.708 bits per heavy atom. The van der Waals surface area contributed by atoms with Gasteiger partial charge in [-0.05, 0) is 121 Å². The molecule has 0 aromatic heterocycles. The van der Waals surface area contributed by atoms with Crippen molar-refractivity contribution in [2.45, 2.75) is 64.5 Å². The van der Waals surface area contributed by atoms with Gasteiger partial charge >= 0.3 is 11.9 Å². The van der Waals surface area contributed by atoms with E-state index in [4.69, 9.17) is 18.9 Å². The highest BCUT2D eigenvalue weighted by atomic mass is 16.5. The van der Waals surface area contributed by atoms with Crippen LogP contribution in [0, 0.1) is 0 Å². The number of carbonyl (C=O) groups excluding carboxylic acids is 2. The molecule has 7 nitrogen and oxygen atoms in total. The lowest BCUT2D eigenvalue weighted by Gasteiger charge is -2.25. The number of rotatable bonds is 16. The van der Waals surface area contributed by atoms with Gasteiger partial charge < -0.3 is 18.9 Å². The summed E-state index contributed by atoms with van der Waals surface area (Å²) in [5.41, 5.74) is 9.16. The van der Waals surface area contributed by atoms with Gasteiger partial charge in [0.05, 0.1) is 26.9 Å². The van der Waals surface area contributed by atoms with Gasteiger partial charge in [0.25, 0.3) is 0 Å². The molecule has 0 atom stereocenters. The lowest BCUT2D eigenvalue weighted by Crippen LogP contribution is -2.27. The number of benzene rings is 4. The van der Waals surface area contributed by atoms with Crippen molar-refractivity contribution in [1.29, 1.82) is 0 Å². The molecule has 5 rings (SSSR count). The van der Waals surface area contributed by atoms with Gasteiger partial charge in [-0.3, -0.25) is 9.69 Å². The Bertz CT molecular complexity index is 1630. The third-order valence-electron chi connectivity index (χ3n) is 9.11. The molecule has 0 heterocycles. The lowest BCUT2D eigenvalue weighted by molar-refractivity contribution is -0.140. The van der Waals surface area contributed by atoms with Crippen LogP contribution in [0.5, 0.6) is 11.5 Å². The smallest absolute Gasteiger partial charge is 0.337 e. The van der Waals surface area contributed by atoms with E-state index in [0.29, 0.717) is 18.6 Å². The van der Waals surface area contributed by atoms with Crippen LogP contribution in [-0.4, -0.2) is 51.3 Å². The normalized spacial score (nSPS) is 12.3. The molecule has 4 aromatic carbocycles. The Hall–Kier alpha value is -4.62. The fraction of sp³-hybridized carbons (Fsp3) is 0.366. The zero-order valence-corrected chi connectivity index (χ0v) is 28.5. The molecule has 252 valence electrons. The fourth-order valence-corrected chi connectivity index (χ4v) is 6.26. The minimum Gasteiger partial charge on any atom is -0.497 e. The monoisotopic (exact) mass is 649 g/mol. The van der Waals surface area contributed by atoms with E-state index in [0.717, 1.165) is 85.5 Å². The van der Waals surface area contributed by atoms with Gasteiger partial charge in [0.15, 0.2) is 0 Å². The summed E-state index contributed by atoms with van der Waals surface area (Å²) in [6.07, 6.45) is 7.56. The average Bonchev–Trinajstić information content (AvgIpc) is 3.14. The highest BCUT2D eigenvalue weighted by Crippen LogP contribution is 2.31. The van der Waals surface area contributed by atoms with Gasteiger partial charge in [-0.15, -0.1) is 0 Å². The Labute approximate surface area is 284 Å². The number of fused-ring (bicyclic) bond motifs is 1. The van der Waals surface area contributed by atoms with Crippen LogP contribution in [0.2, 0.25) is 0 Å². The third-order valence-corrected chi connectivity index (χ3v) is 9.11. The summed E-state index contributed by atoms with van der Waals surface area (Å²) in [6.45, 7) is 2.92. The van der Waals surface area contributed by atoms with Crippen molar-refractivity contribution in [1.82, 2.24) is 4.90 Å². The van der Waals surface area contributed by atoms with Gasteiger partial charge in [-0.25, -0.2) is 4.79 Å². The topological polar surface area (TPSA) is 74.3 Å². The first-order chi connectivity index (χ1) is 23.4. The number of ether oxygens (including phenoxy) is 4. The summed E-state index contributed by atoms with van der Waals surface area (Å²) < 4.78 is 21.6. The molecular formula is C41H47NO6. The van der Waals surface area contributed by atoms with E-state index < -0.39 is 0 Å². The van der Waals surface area contributed by atoms with Gasteiger partial charge in [0.1, 0.15) is 18.1 Å². The molecule has 0 N–H and O–H groups in total. The highest BCUT2D eigenvalue weighted by Gasteiger charge is 2.17. The van der Waals surface area contributed by atoms with E-state index >= 15 is 0 Å². The summed E-state index contributed by atoms with van der Waals surface area (Å²) in [4.78, 5) is 26.1. The van der Waals surface area contributed by atoms with Crippen molar-refractivity contribution >= 4 is 11.9 Å². The number of esters is 2. The molecule has 0 bridgehead atoms. The quantitative estimate of drug-likeness (QED) is 0.0900. The summed E-state index contributed by atoms with van der Waals surface area (Å²) >= 11 is 0. The summed E-state index contributed by atoms with van der Waals surface area (Å²) in [5.74, 6) is 1.30. The SMILES string of the molecule is COC(=O)CCCCN(CCc1cc2c(cc1OCc1ccc(-c3ccc(OC)cc3)cc1)CCCC2)Cc1ccc(C(=O)OC)cc1. The fourth-order valence-electron chi connectivity index (χ4n) is 6.26. The maximum Gasteiger partial charge on any atom is 0.337 e. The first-order valence-corrected chi connectivity index (χ1v) is 16.9. The van der Waals surface area contributed by atoms with Crippen LogP contribution in [0.1, 0.15) is 70.3 Å². The molecular weight excluding hydrogens is 602 g/mol. The standard InChI is InChI=1S/C41H47NO6/c1-45-38-21-19-33(20-22-38)32-15-13-31(14-16-32)29-48-39-27-36-9-5-4-8-35(36)26-37(39)23-25-42(24-7-6-10-40(43)46-2)28-30-11-17-34(18-12-30)41(44)47-3/h11-22,26-27H,4-10,23-25,28-29H2,1-3H3. The number of nitrogens with zero attached hydrogens (tertiary/aromatic N) is 1. The maximum absolute atomic E-state index is 11.9. The summed E-state index contributed by atoms with van der Waals surface area (Å²) in [5, 5.41) is 0. The van der Waals surface area contributed by atoms with Crippen molar-refractivity contribution < 1.29 is 28.5 Å². The second-order valence-electron chi connectivity index (χ2n) is 12.4. The number of methoxy groups -OCH3 is 3. The molecule has 0 aliphatic heterocycles. The minimum absolute atomic E-state index is 0.175. The number of hydrogen-bond acceptors (Lipinski definition) is 7. The number of carbonyl (C=O) groups is 2. The van der Waals surface area contributed by atoms with Gasteiger partial charge in [0, 0.05) is 19.5 Å². The van der Waals surface area contributed by atoms with Crippen molar-refractivity contribution in [3.63, 3.8) is 0 Å². The molecule has 7 heteroatoms. The minimum atomic E-state index is -0.339. The van der Waals surface area contributed by atoms with Crippen LogP contribution in [-0.2, 0) is 46.7 Å². The third kappa shape index (κ3) is 9.71. The Kier molecular flexibility index (Phi) is 12.7. The molecule has 0 radical (unpaired) electrons. The second kappa shape index (κ2) is 17.5. The van der Waals surface area contributed by atoms with E-state index in [2.05, 4.69) is 53.4 Å². The van der Waals surface area contributed by atoms with E-state index in [9.17, 15) is 9.59 Å². The molecule has 0 spiro atoms. The molecule has 0 saturated carbocycles. The molecule has 1 aliphatic carbocycles. The summed E-state index contributed by atoms with van der Waals surface area (Å²) in [6, 6.07) is 28.9. The first kappa shape index (κ1) is 34.7. The Balaban J connectivity index is 1.28. The number of hydrogen-bond donors (Lipinski definition) is 0. The second-order valence-corrected chi connectivity index (χ2v) is 12.4. The zero-order chi connectivity index (χ0) is 33.7. The van der Waals surface area contributed by atoms with Crippen LogP contribution >= 0.6 is 0 Å². The maximum atomic E-state index is 11.9. The first-order valence-electron chi connectivity index (χ1n) is 16.9. The average molecular weight is 650 g/mol. The van der Waals surface area contributed by atoms with E-state index in [-0.39, 0.29) is 11.9 Å². The van der Waals surface area contributed by atoms with Crippen LogP contribution < -0.4 is 9.47 Å². The van der Waals surface area contributed by atoms with Crippen LogP contribution in [0.25, 0.3) is 11.1 Å². The van der Waals surface area contributed by atoms with E-state index in [1.807, 2.05) is 36.4 Å². The van der Waals surface area contributed by atoms with Crippen LogP contribution in [0.3, 0.4) is 0 Å². The summed E-state index contributed by atoms with van der Waals surface area (Å²) in [7, 11) is 4.51. The van der Waals surface area contributed by atoms with Crippen LogP contribution in [0.4, 0.5) is 0 Å². The molecule has 0 fully saturated rings. The van der Waals surface area contributed by atoms with Gasteiger partial charge in [-0.2, -0.15) is 0 Å². The van der Waals surface area contributed by atoms with E-state index in [1.165, 1.54) is 43.8 Å². The molecule has 1 aliphatic rings. The molecule has 4 aromatic rings. The molecule has 0 saturated heterocycles. The molecule has 0 unspecified atom stereocenters. The van der Waals surface area contributed by atoms with Crippen LogP contribution in [0.15, 0.2) is 84.9 Å². The van der Waals surface area contributed by atoms with Crippen molar-refractivity contribution in [3.05, 3.63) is 118 Å². The molecule has 0 amide bonds. The van der Waals surface area contributed by atoms with Crippen molar-refractivity contribution in [2.24, 2.45) is 0 Å². The highest BCUT2D eigenvalue weighted by molar-refractivity contribution is 5.89. The Morgan fingerprint density at radius 3 is 2.00 bits per heavy atom. The Morgan fingerprint density at radius 2 is 1.35 bits per heavy atom.